The Hall–Kier alpha value is -3.34. The SMILES string of the molecule is O=C(Nc1ccn(Cc2cccc3ccccc23)n1)c1ccco1. The van der Waals surface area contributed by atoms with E-state index in [2.05, 4.69) is 34.7 Å². The summed E-state index contributed by atoms with van der Waals surface area (Å²) in [7, 11) is 0. The molecular formula is C19H15N3O2. The molecule has 5 nitrogen and oxygen atoms in total. The zero-order chi connectivity index (χ0) is 16.4. The average Bonchev–Trinajstić information content (AvgIpc) is 3.27. The number of carbonyl (C=O) groups excluding carboxylic acids is 1. The Morgan fingerprint density at radius 1 is 1.04 bits per heavy atom. The molecule has 4 aromatic rings. The summed E-state index contributed by atoms with van der Waals surface area (Å²) in [6, 6.07) is 19.5. The standard InChI is InChI=1S/C19H15N3O2/c23-19(17-9-4-12-24-17)20-18-10-11-22(21-18)13-15-7-3-6-14-5-1-2-8-16(14)15/h1-12H,13H2,(H,20,21,23). The van der Waals surface area contributed by atoms with Crippen molar-refractivity contribution in [2.24, 2.45) is 0 Å². The number of aromatic nitrogens is 2. The predicted molar refractivity (Wildman–Crippen MR) is 91.9 cm³/mol. The normalized spacial score (nSPS) is 10.8. The van der Waals surface area contributed by atoms with Crippen molar-refractivity contribution in [3.63, 3.8) is 0 Å². The van der Waals surface area contributed by atoms with Crippen LogP contribution in [0.5, 0.6) is 0 Å². The molecule has 2 aromatic carbocycles. The average molecular weight is 317 g/mol. The van der Waals surface area contributed by atoms with Crippen LogP contribution in [0.25, 0.3) is 10.8 Å². The molecule has 0 bridgehead atoms. The number of fused-ring (bicyclic) bond motifs is 1. The van der Waals surface area contributed by atoms with Crippen molar-refractivity contribution in [3.8, 4) is 0 Å². The molecule has 0 unspecified atom stereocenters. The molecular weight excluding hydrogens is 302 g/mol. The van der Waals surface area contributed by atoms with Crippen molar-refractivity contribution in [1.29, 1.82) is 0 Å². The third kappa shape index (κ3) is 2.79. The van der Waals surface area contributed by atoms with Crippen molar-refractivity contribution in [1.82, 2.24) is 9.78 Å². The molecule has 0 fully saturated rings. The maximum atomic E-state index is 12.0. The van der Waals surface area contributed by atoms with Gasteiger partial charge in [-0.3, -0.25) is 9.48 Å². The molecule has 4 rings (SSSR count). The minimum Gasteiger partial charge on any atom is -0.459 e. The first-order valence-corrected chi connectivity index (χ1v) is 7.64. The van der Waals surface area contributed by atoms with Crippen LogP contribution in [0.2, 0.25) is 0 Å². The first-order valence-electron chi connectivity index (χ1n) is 7.64. The van der Waals surface area contributed by atoms with Crippen LogP contribution in [0.15, 0.2) is 77.5 Å². The third-order valence-electron chi connectivity index (χ3n) is 3.84. The van der Waals surface area contributed by atoms with Crippen LogP contribution in [0.1, 0.15) is 16.1 Å². The minimum atomic E-state index is -0.310. The number of rotatable bonds is 4. The minimum absolute atomic E-state index is 0.263. The number of nitrogens with one attached hydrogen (secondary N) is 1. The van der Waals surface area contributed by atoms with E-state index in [-0.39, 0.29) is 11.7 Å². The lowest BCUT2D eigenvalue weighted by atomic mass is 10.0. The number of hydrogen-bond acceptors (Lipinski definition) is 3. The Morgan fingerprint density at radius 2 is 1.92 bits per heavy atom. The van der Waals surface area contributed by atoms with Gasteiger partial charge in [0, 0.05) is 12.3 Å². The number of furan rings is 1. The number of hydrogen-bond donors (Lipinski definition) is 1. The van der Waals surface area contributed by atoms with Crippen molar-refractivity contribution >= 4 is 22.5 Å². The molecule has 1 N–H and O–H groups in total. The molecule has 0 saturated carbocycles. The summed E-state index contributed by atoms with van der Waals surface area (Å²) in [4.78, 5) is 12.0. The second kappa shape index (κ2) is 6.04. The lowest BCUT2D eigenvalue weighted by Gasteiger charge is -2.06. The van der Waals surface area contributed by atoms with Gasteiger partial charge in [0.15, 0.2) is 11.6 Å². The van der Waals surface area contributed by atoms with Crippen molar-refractivity contribution < 1.29 is 9.21 Å². The van der Waals surface area contributed by atoms with E-state index in [9.17, 15) is 4.79 Å². The summed E-state index contributed by atoms with van der Waals surface area (Å²) in [5.74, 6) is 0.450. The first kappa shape index (κ1) is 14.3. The zero-order valence-corrected chi connectivity index (χ0v) is 12.8. The highest BCUT2D eigenvalue weighted by molar-refractivity contribution is 6.01. The fraction of sp³-hybridized carbons (Fsp3) is 0.0526. The molecule has 1 amide bonds. The lowest BCUT2D eigenvalue weighted by Crippen LogP contribution is -2.12. The highest BCUT2D eigenvalue weighted by Crippen LogP contribution is 2.19. The van der Waals surface area contributed by atoms with Crippen LogP contribution < -0.4 is 5.32 Å². The molecule has 118 valence electrons. The van der Waals surface area contributed by atoms with Gasteiger partial charge in [-0.15, -0.1) is 0 Å². The molecule has 5 heteroatoms. The van der Waals surface area contributed by atoms with E-state index >= 15 is 0 Å². The first-order chi connectivity index (χ1) is 11.8. The lowest BCUT2D eigenvalue weighted by molar-refractivity contribution is 0.0996. The maximum Gasteiger partial charge on any atom is 0.292 e. The topological polar surface area (TPSA) is 60.1 Å². The van der Waals surface area contributed by atoms with Gasteiger partial charge < -0.3 is 9.73 Å². The van der Waals surface area contributed by atoms with Crippen LogP contribution in [-0.2, 0) is 6.54 Å². The van der Waals surface area contributed by atoms with Crippen molar-refractivity contribution in [3.05, 3.63) is 84.4 Å². The Kier molecular flexibility index (Phi) is 3.59. The second-order valence-electron chi connectivity index (χ2n) is 5.47. The number of carbonyl (C=O) groups is 1. The number of amides is 1. The van der Waals surface area contributed by atoms with E-state index in [0.29, 0.717) is 12.4 Å². The second-order valence-corrected chi connectivity index (χ2v) is 5.47. The van der Waals surface area contributed by atoms with E-state index in [0.717, 1.165) is 0 Å². The monoisotopic (exact) mass is 317 g/mol. The molecule has 0 saturated heterocycles. The Morgan fingerprint density at radius 3 is 2.79 bits per heavy atom. The van der Waals surface area contributed by atoms with Crippen molar-refractivity contribution in [2.75, 3.05) is 5.32 Å². The summed E-state index contributed by atoms with van der Waals surface area (Å²) in [5.41, 5.74) is 1.18. The smallest absolute Gasteiger partial charge is 0.292 e. The van der Waals surface area contributed by atoms with Gasteiger partial charge in [-0.1, -0.05) is 42.5 Å². The molecule has 2 heterocycles. The van der Waals surface area contributed by atoms with Crippen LogP contribution in [-0.4, -0.2) is 15.7 Å². The zero-order valence-electron chi connectivity index (χ0n) is 12.8. The third-order valence-corrected chi connectivity index (χ3v) is 3.84. The number of benzene rings is 2. The Bertz CT molecular complexity index is 981. The van der Waals surface area contributed by atoms with Gasteiger partial charge in [0.25, 0.3) is 5.91 Å². The molecule has 0 spiro atoms. The molecule has 0 aliphatic carbocycles. The molecule has 0 atom stereocenters. The van der Waals surface area contributed by atoms with E-state index in [1.54, 1.807) is 22.9 Å². The van der Waals surface area contributed by atoms with Crippen LogP contribution in [0.3, 0.4) is 0 Å². The van der Waals surface area contributed by atoms with Gasteiger partial charge in [0.05, 0.1) is 12.8 Å². The van der Waals surface area contributed by atoms with Gasteiger partial charge in [-0.2, -0.15) is 5.10 Å². The van der Waals surface area contributed by atoms with Crippen LogP contribution >= 0.6 is 0 Å². The highest BCUT2D eigenvalue weighted by Gasteiger charge is 2.10. The molecule has 24 heavy (non-hydrogen) atoms. The summed E-state index contributed by atoms with van der Waals surface area (Å²) in [5, 5.41) is 9.54. The largest absolute Gasteiger partial charge is 0.459 e. The fourth-order valence-electron chi connectivity index (χ4n) is 2.71. The van der Waals surface area contributed by atoms with Gasteiger partial charge in [0.2, 0.25) is 0 Å². The van der Waals surface area contributed by atoms with E-state index < -0.39 is 0 Å². The number of anilines is 1. The quantitative estimate of drug-likeness (QED) is 0.620. The van der Waals surface area contributed by atoms with Crippen molar-refractivity contribution in [2.45, 2.75) is 6.54 Å². The summed E-state index contributed by atoms with van der Waals surface area (Å²) < 4.78 is 6.88. The fourth-order valence-corrected chi connectivity index (χ4v) is 2.71. The van der Waals surface area contributed by atoms with Gasteiger partial charge in [0.1, 0.15) is 0 Å². The molecule has 0 aliphatic rings. The molecule has 0 radical (unpaired) electrons. The van der Waals surface area contributed by atoms with E-state index in [1.807, 2.05) is 24.4 Å². The highest BCUT2D eigenvalue weighted by atomic mass is 16.3. The number of nitrogens with zero attached hydrogens (tertiary/aromatic N) is 2. The summed E-state index contributed by atoms with van der Waals surface area (Å²) in [6.07, 6.45) is 3.31. The van der Waals surface area contributed by atoms with Crippen LogP contribution in [0.4, 0.5) is 5.82 Å². The maximum absolute atomic E-state index is 12.0. The molecule has 0 aliphatic heterocycles. The van der Waals surface area contributed by atoms with Gasteiger partial charge in [-0.25, -0.2) is 0 Å². The van der Waals surface area contributed by atoms with Gasteiger partial charge in [-0.05, 0) is 28.5 Å². The van der Waals surface area contributed by atoms with E-state index in [4.69, 9.17) is 4.42 Å². The van der Waals surface area contributed by atoms with E-state index in [1.165, 1.54) is 22.6 Å². The summed E-state index contributed by atoms with van der Waals surface area (Å²) >= 11 is 0. The van der Waals surface area contributed by atoms with Crippen LogP contribution in [0, 0.1) is 0 Å². The summed E-state index contributed by atoms with van der Waals surface area (Å²) in [6.45, 7) is 0.637. The predicted octanol–water partition coefficient (Wildman–Crippen LogP) is 3.93. The Balaban J connectivity index is 1.54. The Labute approximate surface area is 138 Å². The van der Waals surface area contributed by atoms with Gasteiger partial charge >= 0.3 is 0 Å². The molecule has 2 aromatic heterocycles.